The summed E-state index contributed by atoms with van der Waals surface area (Å²) in [6, 6.07) is 16.0. The highest BCUT2D eigenvalue weighted by molar-refractivity contribution is 5.76. The lowest BCUT2D eigenvalue weighted by molar-refractivity contribution is 0.151. The summed E-state index contributed by atoms with van der Waals surface area (Å²) in [5, 5.41) is 10.5. The van der Waals surface area contributed by atoms with Crippen LogP contribution in [0.5, 0.6) is 5.75 Å². The number of fused-ring (bicyclic) bond motifs is 1. The first-order valence-corrected chi connectivity index (χ1v) is 9.19. The number of allylic oxidation sites excluding steroid dienone is 1. The summed E-state index contributed by atoms with van der Waals surface area (Å²) in [5.74, 6) is 1.60. The predicted molar refractivity (Wildman–Crippen MR) is 105 cm³/mol. The second-order valence-corrected chi connectivity index (χ2v) is 6.36. The van der Waals surface area contributed by atoms with E-state index in [0.29, 0.717) is 19.6 Å². The molecule has 0 fully saturated rings. The van der Waals surface area contributed by atoms with E-state index in [-0.39, 0.29) is 0 Å². The van der Waals surface area contributed by atoms with Gasteiger partial charge in [0.1, 0.15) is 24.3 Å². The molecule has 3 aromatic rings. The number of imidazole rings is 1. The minimum atomic E-state index is -0.555. The number of para-hydroxylation sites is 3. The molecule has 0 aliphatic carbocycles. The number of hydrogen-bond donors (Lipinski definition) is 1. The van der Waals surface area contributed by atoms with Crippen LogP contribution in [-0.4, -0.2) is 21.3 Å². The quantitative estimate of drug-likeness (QED) is 0.570. The Morgan fingerprint density at radius 1 is 1.19 bits per heavy atom. The second-order valence-electron chi connectivity index (χ2n) is 6.36. The second kappa shape index (κ2) is 8.68. The lowest BCUT2D eigenvalue weighted by atomic mass is 10.1. The van der Waals surface area contributed by atoms with Crippen molar-refractivity contribution in [2.75, 3.05) is 6.61 Å². The number of aliphatic hydroxyl groups is 1. The standard InChI is InChI=1S/C22H26N2O2/c1-3-9-17-11-5-8-14-21(17)26-16-15-24-19-13-7-6-12-18(19)23-22(24)20(25)10-4-2/h3,5-8,11-14,20,25H,1,4,9-10,15-16H2,2H3/t20-/m0/s1. The van der Waals surface area contributed by atoms with Gasteiger partial charge in [-0.05, 0) is 36.6 Å². The summed E-state index contributed by atoms with van der Waals surface area (Å²) in [6.45, 7) is 7.02. The molecule has 0 saturated carbocycles. The van der Waals surface area contributed by atoms with Crippen molar-refractivity contribution >= 4 is 11.0 Å². The number of nitrogens with zero attached hydrogens (tertiary/aromatic N) is 2. The van der Waals surface area contributed by atoms with Crippen molar-refractivity contribution < 1.29 is 9.84 Å². The lowest BCUT2D eigenvalue weighted by Crippen LogP contribution is -2.14. The largest absolute Gasteiger partial charge is 0.491 e. The number of aromatic nitrogens is 2. The van der Waals surface area contributed by atoms with Crippen molar-refractivity contribution in [2.24, 2.45) is 0 Å². The van der Waals surface area contributed by atoms with Gasteiger partial charge < -0.3 is 14.4 Å². The zero-order chi connectivity index (χ0) is 18.4. The van der Waals surface area contributed by atoms with Gasteiger partial charge in [0.05, 0.1) is 17.6 Å². The summed E-state index contributed by atoms with van der Waals surface area (Å²) >= 11 is 0. The molecule has 0 bridgehead atoms. The van der Waals surface area contributed by atoms with Crippen LogP contribution in [0.2, 0.25) is 0 Å². The topological polar surface area (TPSA) is 47.3 Å². The Balaban J connectivity index is 1.80. The molecule has 26 heavy (non-hydrogen) atoms. The molecule has 0 unspecified atom stereocenters. The van der Waals surface area contributed by atoms with Crippen molar-refractivity contribution in [1.29, 1.82) is 0 Å². The fraction of sp³-hybridized carbons (Fsp3) is 0.318. The van der Waals surface area contributed by atoms with Crippen LogP contribution in [0, 0.1) is 0 Å². The summed E-state index contributed by atoms with van der Waals surface area (Å²) in [4.78, 5) is 4.65. The Morgan fingerprint density at radius 3 is 2.77 bits per heavy atom. The van der Waals surface area contributed by atoms with Gasteiger partial charge in [0, 0.05) is 0 Å². The SMILES string of the molecule is C=CCc1ccccc1OCCn1c([C@@H](O)CCC)nc2ccccc21. The average molecular weight is 350 g/mol. The molecule has 136 valence electrons. The molecule has 1 N–H and O–H groups in total. The van der Waals surface area contributed by atoms with E-state index in [1.165, 1.54) is 0 Å². The predicted octanol–water partition coefficient (Wildman–Crippen LogP) is 4.68. The maximum atomic E-state index is 10.5. The van der Waals surface area contributed by atoms with E-state index in [1.807, 2.05) is 48.5 Å². The first kappa shape index (κ1) is 18.2. The van der Waals surface area contributed by atoms with Crippen LogP contribution in [0.4, 0.5) is 0 Å². The highest BCUT2D eigenvalue weighted by atomic mass is 16.5. The number of aliphatic hydroxyl groups excluding tert-OH is 1. The third-order valence-electron chi connectivity index (χ3n) is 4.45. The molecular weight excluding hydrogens is 324 g/mol. The van der Waals surface area contributed by atoms with Crippen LogP contribution in [0.15, 0.2) is 61.2 Å². The van der Waals surface area contributed by atoms with Gasteiger partial charge in [-0.3, -0.25) is 0 Å². The number of benzene rings is 2. The molecule has 4 nitrogen and oxygen atoms in total. The van der Waals surface area contributed by atoms with Crippen LogP contribution in [0.1, 0.15) is 37.3 Å². The van der Waals surface area contributed by atoms with Crippen molar-refractivity contribution in [1.82, 2.24) is 9.55 Å². The summed E-state index contributed by atoms with van der Waals surface area (Å²) in [6.07, 6.45) is 3.72. The molecule has 1 atom stereocenters. The van der Waals surface area contributed by atoms with Gasteiger partial charge in [-0.25, -0.2) is 4.98 Å². The lowest BCUT2D eigenvalue weighted by Gasteiger charge is -2.15. The zero-order valence-electron chi connectivity index (χ0n) is 15.3. The number of hydrogen-bond acceptors (Lipinski definition) is 3. The van der Waals surface area contributed by atoms with E-state index in [9.17, 15) is 5.11 Å². The molecule has 0 aliphatic heterocycles. The summed E-state index contributed by atoms with van der Waals surface area (Å²) in [7, 11) is 0. The van der Waals surface area contributed by atoms with E-state index >= 15 is 0 Å². The van der Waals surface area contributed by atoms with Crippen LogP contribution >= 0.6 is 0 Å². The first-order valence-electron chi connectivity index (χ1n) is 9.19. The minimum absolute atomic E-state index is 0.514. The van der Waals surface area contributed by atoms with E-state index in [2.05, 4.69) is 29.1 Å². The monoisotopic (exact) mass is 350 g/mol. The van der Waals surface area contributed by atoms with Crippen LogP contribution < -0.4 is 4.74 Å². The van der Waals surface area contributed by atoms with E-state index in [0.717, 1.165) is 41.0 Å². The molecule has 2 aromatic carbocycles. The summed E-state index contributed by atoms with van der Waals surface area (Å²) < 4.78 is 8.10. The Morgan fingerprint density at radius 2 is 1.96 bits per heavy atom. The van der Waals surface area contributed by atoms with Gasteiger partial charge in [0.25, 0.3) is 0 Å². The van der Waals surface area contributed by atoms with E-state index in [4.69, 9.17) is 4.74 Å². The molecule has 0 saturated heterocycles. The van der Waals surface area contributed by atoms with Gasteiger partial charge in [0.15, 0.2) is 0 Å². The Bertz CT molecular complexity index is 869. The van der Waals surface area contributed by atoms with Crippen molar-refractivity contribution in [2.45, 2.75) is 38.8 Å². The van der Waals surface area contributed by atoms with Crippen molar-refractivity contribution in [3.05, 3.63) is 72.6 Å². The Kier molecular flexibility index (Phi) is 6.08. The molecule has 1 aromatic heterocycles. The molecule has 1 heterocycles. The highest BCUT2D eigenvalue weighted by Crippen LogP contribution is 2.24. The van der Waals surface area contributed by atoms with Gasteiger partial charge in [-0.15, -0.1) is 6.58 Å². The molecule has 0 amide bonds. The van der Waals surface area contributed by atoms with Gasteiger partial charge >= 0.3 is 0 Å². The van der Waals surface area contributed by atoms with Crippen LogP contribution in [0.25, 0.3) is 11.0 Å². The fourth-order valence-corrected chi connectivity index (χ4v) is 3.20. The smallest absolute Gasteiger partial charge is 0.138 e. The molecule has 3 rings (SSSR count). The van der Waals surface area contributed by atoms with Gasteiger partial charge in [-0.2, -0.15) is 0 Å². The highest BCUT2D eigenvalue weighted by Gasteiger charge is 2.17. The maximum Gasteiger partial charge on any atom is 0.138 e. The number of rotatable bonds is 9. The third kappa shape index (κ3) is 3.97. The molecule has 0 radical (unpaired) electrons. The average Bonchev–Trinajstić information content (AvgIpc) is 3.02. The molecule has 4 heteroatoms. The summed E-state index contributed by atoms with van der Waals surface area (Å²) in [5.41, 5.74) is 3.06. The van der Waals surface area contributed by atoms with Crippen LogP contribution in [0.3, 0.4) is 0 Å². The molecular formula is C22H26N2O2. The Hall–Kier alpha value is -2.59. The third-order valence-corrected chi connectivity index (χ3v) is 4.45. The molecule has 0 spiro atoms. The van der Waals surface area contributed by atoms with Crippen molar-refractivity contribution in [3.8, 4) is 5.75 Å². The Labute approximate surface area is 154 Å². The van der Waals surface area contributed by atoms with Gasteiger partial charge in [0.2, 0.25) is 0 Å². The fourth-order valence-electron chi connectivity index (χ4n) is 3.20. The van der Waals surface area contributed by atoms with Crippen LogP contribution in [-0.2, 0) is 13.0 Å². The zero-order valence-corrected chi connectivity index (χ0v) is 15.3. The van der Waals surface area contributed by atoms with E-state index in [1.54, 1.807) is 0 Å². The number of ether oxygens (including phenoxy) is 1. The maximum absolute atomic E-state index is 10.5. The normalized spacial score (nSPS) is 12.2. The van der Waals surface area contributed by atoms with Crippen molar-refractivity contribution in [3.63, 3.8) is 0 Å². The first-order chi connectivity index (χ1) is 12.7. The van der Waals surface area contributed by atoms with E-state index < -0.39 is 6.10 Å². The molecule has 0 aliphatic rings. The van der Waals surface area contributed by atoms with Gasteiger partial charge in [-0.1, -0.05) is 49.8 Å². The minimum Gasteiger partial charge on any atom is -0.491 e.